The lowest BCUT2D eigenvalue weighted by Gasteiger charge is -2.15. The lowest BCUT2D eigenvalue weighted by atomic mass is 10.0. The Balaban J connectivity index is 2.74. The number of hydrogen-bond donors (Lipinski definition) is 2. The molecule has 0 spiro atoms. The molecule has 126 valence electrons. The van der Waals surface area contributed by atoms with Crippen molar-refractivity contribution < 1.29 is 19.1 Å². The quantitative estimate of drug-likeness (QED) is 0.710. The summed E-state index contributed by atoms with van der Waals surface area (Å²) in [5, 5.41) is 5.37. The van der Waals surface area contributed by atoms with Crippen molar-refractivity contribution in [2.24, 2.45) is 0 Å². The van der Waals surface area contributed by atoms with Crippen LogP contribution in [-0.4, -0.2) is 37.3 Å². The van der Waals surface area contributed by atoms with Gasteiger partial charge >= 0.3 is 0 Å². The maximum Gasteiger partial charge on any atom is 0.242 e. The Labute approximate surface area is 136 Å². The molecular weight excluding hydrogens is 296 g/mol. The Kier molecular flexibility index (Phi) is 7.25. The molecule has 0 saturated heterocycles. The molecule has 1 aromatic carbocycles. The van der Waals surface area contributed by atoms with Crippen LogP contribution in [0.1, 0.15) is 43.1 Å². The summed E-state index contributed by atoms with van der Waals surface area (Å²) in [5.41, 5.74) is 1.13. The van der Waals surface area contributed by atoms with Gasteiger partial charge in [-0.15, -0.1) is 0 Å². The van der Waals surface area contributed by atoms with Crippen LogP contribution in [0, 0.1) is 0 Å². The smallest absolute Gasteiger partial charge is 0.242 e. The van der Waals surface area contributed by atoms with Crippen molar-refractivity contribution in [3.63, 3.8) is 0 Å². The van der Waals surface area contributed by atoms with Crippen molar-refractivity contribution >= 4 is 17.6 Å². The van der Waals surface area contributed by atoms with E-state index >= 15 is 0 Å². The van der Waals surface area contributed by atoms with Gasteiger partial charge in [0.25, 0.3) is 0 Å². The molecule has 1 aromatic rings. The highest BCUT2D eigenvalue weighted by molar-refractivity contribution is 5.95. The molecule has 0 fully saturated rings. The average molecular weight is 320 g/mol. The molecule has 0 bridgehead atoms. The van der Waals surface area contributed by atoms with Gasteiger partial charge in [0.2, 0.25) is 11.8 Å². The van der Waals surface area contributed by atoms with E-state index in [0.29, 0.717) is 23.4 Å². The molecule has 0 aliphatic rings. The molecular formula is C17H24N2O4. The first-order valence-electron chi connectivity index (χ1n) is 7.64. The number of ketones is 1. The third kappa shape index (κ3) is 5.73. The highest BCUT2D eigenvalue weighted by Crippen LogP contribution is 2.20. The minimum Gasteiger partial charge on any atom is -0.496 e. The van der Waals surface area contributed by atoms with Crippen LogP contribution in [-0.2, 0) is 16.0 Å². The largest absolute Gasteiger partial charge is 0.496 e. The van der Waals surface area contributed by atoms with Crippen LogP contribution in [0.25, 0.3) is 0 Å². The predicted octanol–water partition coefficient (Wildman–Crippen LogP) is 1.47. The molecule has 1 rings (SSSR count). The fourth-order valence-electron chi connectivity index (χ4n) is 2.07. The number of amides is 2. The number of ether oxygens (including phenoxy) is 1. The van der Waals surface area contributed by atoms with Crippen molar-refractivity contribution in [1.29, 1.82) is 0 Å². The Morgan fingerprint density at radius 1 is 1.26 bits per heavy atom. The highest BCUT2D eigenvalue weighted by Gasteiger charge is 2.17. The number of hydrogen-bond acceptors (Lipinski definition) is 4. The number of carbonyl (C=O) groups is 3. The number of nitrogens with one attached hydrogen (secondary N) is 2. The second-order valence-corrected chi connectivity index (χ2v) is 5.34. The molecule has 1 atom stereocenters. The molecule has 2 N–H and O–H groups in total. The summed E-state index contributed by atoms with van der Waals surface area (Å²) in [6.07, 6.45) is 0.872. The van der Waals surface area contributed by atoms with E-state index in [1.165, 1.54) is 14.0 Å². The maximum absolute atomic E-state index is 12.1. The van der Waals surface area contributed by atoms with Gasteiger partial charge in [0.15, 0.2) is 5.78 Å². The first kappa shape index (κ1) is 18.7. The van der Waals surface area contributed by atoms with E-state index in [0.717, 1.165) is 6.42 Å². The van der Waals surface area contributed by atoms with E-state index in [4.69, 9.17) is 4.74 Å². The molecule has 23 heavy (non-hydrogen) atoms. The van der Waals surface area contributed by atoms with Crippen molar-refractivity contribution in [3.05, 3.63) is 29.3 Å². The van der Waals surface area contributed by atoms with Crippen LogP contribution in [0.4, 0.5) is 0 Å². The normalized spacial score (nSPS) is 11.5. The number of benzene rings is 1. The van der Waals surface area contributed by atoms with Crippen molar-refractivity contribution in [2.75, 3.05) is 13.7 Å². The zero-order valence-electron chi connectivity index (χ0n) is 14.1. The zero-order valence-corrected chi connectivity index (χ0v) is 14.1. The van der Waals surface area contributed by atoms with E-state index in [1.807, 2.05) is 6.92 Å². The molecule has 2 amide bonds. The summed E-state index contributed by atoms with van der Waals surface area (Å²) in [5.74, 6) is -0.0670. The molecule has 0 aliphatic heterocycles. The molecule has 6 nitrogen and oxygen atoms in total. The van der Waals surface area contributed by atoms with Gasteiger partial charge in [-0.2, -0.15) is 0 Å². The second kappa shape index (κ2) is 8.92. The van der Waals surface area contributed by atoms with Crippen molar-refractivity contribution in [3.8, 4) is 5.75 Å². The number of rotatable bonds is 8. The fraction of sp³-hybridized carbons (Fsp3) is 0.471. The topological polar surface area (TPSA) is 84.5 Å². The Morgan fingerprint density at radius 2 is 1.96 bits per heavy atom. The minimum atomic E-state index is -0.615. The van der Waals surface area contributed by atoms with E-state index in [9.17, 15) is 14.4 Å². The fourth-order valence-corrected chi connectivity index (χ4v) is 2.07. The molecule has 0 saturated carbocycles. The molecule has 0 aromatic heterocycles. The number of carbonyl (C=O) groups excluding carboxylic acids is 3. The van der Waals surface area contributed by atoms with Gasteiger partial charge in [-0.25, -0.2) is 0 Å². The third-order valence-corrected chi connectivity index (χ3v) is 3.36. The molecule has 0 heterocycles. The average Bonchev–Trinajstić information content (AvgIpc) is 2.52. The minimum absolute atomic E-state index is 0.0374. The molecule has 0 aliphatic carbocycles. The number of methoxy groups -OCH3 is 1. The first-order chi connectivity index (χ1) is 10.9. The summed E-state index contributed by atoms with van der Waals surface area (Å²) < 4.78 is 5.22. The summed E-state index contributed by atoms with van der Waals surface area (Å²) in [6.45, 7) is 5.63. The predicted molar refractivity (Wildman–Crippen MR) is 87.6 cm³/mol. The van der Waals surface area contributed by atoms with E-state index in [-0.39, 0.29) is 24.0 Å². The summed E-state index contributed by atoms with van der Waals surface area (Å²) >= 11 is 0. The SMILES string of the molecule is CCCNC(=O)C(C)NC(=O)Cc1cc(C(C)=O)ccc1OC. The second-order valence-electron chi connectivity index (χ2n) is 5.34. The van der Waals surface area contributed by atoms with Crippen LogP contribution in [0.3, 0.4) is 0 Å². The Hall–Kier alpha value is -2.37. The van der Waals surface area contributed by atoms with Gasteiger partial charge in [-0.3, -0.25) is 14.4 Å². The van der Waals surface area contributed by atoms with Crippen LogP contribution in [0.15, 0.2) is 18.2 Å². The van der Waals surface area contributed by atoms with Crippen molar-refractivity contribution in [1.82, 2.24) is 10.6 Å². The van der Waals surface area contributed by atoms with Gasteiger partial charge in [0, 0.05) is 17.7 Å². The van der Waals surface area contributed by atoms with Gasteiger partial charge < -0.3 is 15.4 Å². The van der Waals surface area contributed by atoms with E-state index < -0.39 is 6.04 Å². The van der Waals surface area contributed by atoms with Gasteiger partial charge in [0.1, 0.15) is 11.8 Å². The Bertz CT molecular complexity index is 584. The van der Waals surface area contributed by atoms with Crippen LogP contribution in [0.2, 0.25) is 0 Å². The standard InChI is InChI=1S/C17H24N2O4/c1-5-8-18-17(22)11(2)19-16(21)10-14-9-13(12(3)20)6-7-15(14)23-4/h6-7,9,11H,5,8,10H2,1-4H3,(H,18,22)(H,19,21). The monoisotopic (exact) mass is 320 g/mol. The molecule has 6 heteroatoms. The summed E-state index contributed by atoms with van der Waals surface area (Å²) in [6, 6.07) is 4.35. The summed E-state index contributed by atoms with van der Waals surface area (Å²) in [4.78, 5) is 35.3. The zero-order chi connectivity index (χ0) is 17.4. The van der Waals surface area contributed by atoms with Gasteiger partial charge in [-0.1, -0.05) is 6.92 Å². The number of Topliss-reactive ketones (excluding diaryl/α,β-unsaturated/α-hetero) is 1. The molecule has 0 radical (unpaired) electrons. The van der Waals surface area contributed by atoms with E-state index in [2.05, 4.69) is 10.6 Å². The van der Waals surface area contributed by atoms with Gasteiger partial charge in [-0.05, 0) is 38.5 Å². The van der Waals surface area contributed by atoms with Crippen LogP contribution >= 0.6 is 0 Å². The first-order valence-corrected chi connectivity index (χ1v) is 7.64. The lowest BCUT2D eigenvalue weighted by Crippen LogP contribution is -2.45. The third-order valence-electron chi connectivity index (χ3n) is 3.36. The molecule has 1 unspecified atom stereocenters. The lowest BCUT2D eigenvalue weighted by molar-refractivity contribution is -0.128. The highest BCUT2D eigenvalue weighted by atomic mass is 16.5. The van der Waals surface area contributed by atoms with E-state index in [1.54, 1.807) is 25.1 Å². The Morgan fingerprint density at radius 3 is 2.52 bits per heavy atom. The van der Waals surface area contributed by atoms with Crippen LogP contribution in [0.5, 0.6) is 5.75 Å². The summed E-state index contributed by atoms with van der Waals surface area (Å²) in [7, 11) is 1.50. The maximum atomic E-state index is 12.1. The van der Waals surface area contributed by atoms with Crippen molar-refractivity contribution in [2.45, 2.75) is 39.7 Å². The van der Waals surface area contributed by atoms with Gasteiger partial charge in [0.05, 0.1) is 13.5 Å². The van der Waals surface area contributed by atoms with Crippen LogP contribution < -0.4 is 15.4 Å².